The standard InChI is InChI=1S/C28H30N8O/c1-17-9-8-12-23(32-17)20(4)30-13-14-35-28(37)36-26(34-35)24(22-15-18(2)31-19(3)16-22)25(33-27(36)29)21-10-6-5-7-11-21/h5-12,15-16,20,30H,13-14H2,1-4H3,(H2,29,33)/p+1/t20-/m0/s1. The molecule has 1 atom stereocenters. The Kier molecular flexibility index (Phi) is 6.54. The highest BCUT2D eigenvalue weighted by Gasteiger charge is 2.26. The molecule has 0 aliphatic heterocycles. The third-order valence-electron chi connectivity index (χ3n) is 6.37. The van der Waals surface area contributed by atoms with Crippen molar-refractivity contribution in [2.75, 3.05) is 12.3 Å². The third-order valence-corrected chi connectivity index (χ3v) is 6.37. The lowest BCUT2D eigenvalue weighted by Gasteiger charge is -2.13. The number of nitrogens with one attached hydrogen (secondary N) is 2. The molecular weight excluding hydrogens is 464 g/mol. The highest BCUT2D eigenvalue weighted by atomic mass is 16.2. The van der Waals surface area contributed by atoms with E-state index in [-0.39, 0.29) is 17.7 Å². The Morgan fingerprint density at radius 1 is 0.946 bits per heavy atom. The second-order valence-electron chi connectivity index (χ2n) is 9.31. The Hall–Kier alpha value is -4.37. The summed E-state index contributed by atoms with van der Waals surface area (Å²) in [4.78, 5) is 25.8. The van der Waals surface area contributed by atoms with E-state index in [0.717, 1.165) is 45.2 Å². The van der Waals surface area contributed by atoms with Gasteiger partial charge in [0.05, 0.1) is 17.8 Å². The molecule has 4 aromatic heterocycles. The number of aromatic nitrogens is 6. The Balaban J connectivity index is 1.57. The van der Waals surface area contributed by atoms with Crippen molar-refractivity contribution >= 4 is 11.6 Å². The number of aromatic amines is 1. The minimum atomic E-state index is -0.296. The molecule has 5 rings (SSSR count). The molecule has 0 radical (unpaired) electrons. The largest absolute Gasteiger partial charge is 0.411 e. The number of anilines is 1. The first-order valence-electron chi connectivity index (χ1n) is 12.3. The van der Waals surface area contributed by atoms with Gasteiger partial charge >= 0.3 is 11.6 Å². The fourth-order valence-electron chi connectivity index (χ4n) is 4.66. The van der Waals surface area contributed by atoms with Crippen LogP contribution in [0.2, 0.25) is 0 Å². The summed E-state index contributed by atoms with van der Waals surface area (Å²) >= 11 is 0. The van der Waals surface area contributed by atoms with Crippen LogP contribution in [0.25, 0.3) is 28.0 Å². The normalized spacial score (nSPS) is 12.2. The number of nitrogen functional groups attached to an aromatic ring is 1. The molecule has 0 amide bonds. The molecule has 188 valence electrons. The Morgan fingerprint density at radius 2 is 1.68 bits per heavy atom. The highest BCUT2D eigenvalue weighted by molar-refractivity contribution is 5.88. The van der Waals surface area contributed by atoms with Crippen LogP contribution < -0.4 is 21.7 Å². The molecule has 0 unspecified atom stereocenters. The Labute approximate surface area is 215 Å². The molecule has 4 heterocycles. The van der Waals surface area contributed by atoms with E-state index in [1.54, 1.807) is 0 Å². The quantitative estimate of drug-likeness (QED) is 0.358. The average Bonchev–Trinajstić information content (AvgIpc) is 3.20. The molecule has 5 aromatic rings. The van der Waals surface area contributed by atoms with Gasteiger partial charge in [0.2, 0.25) is 5.65 Å². The van der Waals surface area contributed by atoms with Crippen LogP contribution in [0.3, 0.4) is 0 Å². The van der Waals surface area contributed by atoms with E-state index in [2.05, 4.69) is 27.2 Å². The van der Waals surface area contributed by atoms with E-state index in [1.165, 1.54) is 9.08 Å². The molecule has 0 aliphatic carbocycles. The Morgan fingerprint density at radius 3 is 2.38 bits per heavy atom. The molecule has 0 saturated heterocycles. The van der Waals surface area contributed by atoms with Gasteiger partial charge in [0.25, 0.3) is 0 Å². The van der Waals surface area contributed by atoms with Crippen molar-refractivity contribution in [2.24, 2.45) is 0 Å². The molecule has 1 aromatic carbocycles. The first-order chi connectivity index (χ1) is 17.8. The summed E-state index contributed by atoms with van der Waals surface area (Å²) in [5.74, 6) is 0.224. The van der Waals surface area contributed by atoms with Gasteiger partial charge in [-0.05, 0) is 57.5 Å². The molecule has 0 aliphatic rings. The number of hydrogen-bond donors (Lipinski definition) is 2. The SMILES string of the molecule is Cc1cc(-c2c(-c3ccccc3)[nH+]c(N)n3c(=O)n(CCN[C@@H](C)c4cccc(C)n4)nc23)cc(C)n1. The van der Waals surface area contributed by atoms with Gasteiger partial charge < -0.3 is 5.32 Å². The number of nitrogens with zero attached hydrogens (tertiary/aromatic N) is 5. The van der Waals surface area contributed by atoms with Crippen molar-refractivity contribution in [3.05, 3.63) is 93.9 Å². The van der Waals surface area contributed by atoms with Crippen LogP contribution in [-0.4, -0.2) is 30.7 Å². The van der Waals surface area contributed by atoms with Crippen molar-refractivity contribution in [1.82, 2.24) is 29.5 Å². The zero-order chi connectivity index (χ0) is 26.1. The second-order valence-corrected chi connectivity index (χ2v) is 9.31. The van der Waals surface area contributed by atoms with E-state index >= 15 is 0 Å². The molecule has 0 fully saturated rings. The minimum Gasteiger partial charge on any atom is -0.307 e. The van der Waals surface area contributed by atoms with E-state index < -0.39 is 0 Å². The molecule has 9 nitrogen and oxygen atoms in total. The van der Waals surface area contributed by atoms with Crippen LogP contribution in [0.4, 0.5) is 5.95 Å². The minimum absolute atomic E-state index is 0.0362. The molecule has 37 heavy (non-hydrogen) atoms. The maximum atomic E-state index is 13.4. The van der Waals surface area contributed by atoms with Gasteiger partial charge in [0.15, 0.2) is 0 Å². The number of H-pyrrole nitrogens is 1. The summed E-state index contributed by atoms with van der Waals surface area (Å²) in [6.45, 7) is 8.86. The van der Waals surface area contributed by atoms with Crippen LogP contribution >= 0.6 is 0 Å². The number of benzene rings is 1. The van der Waals surface area contributed by atoms with Crippen LogP contribution in [-0.2, 0) is 6.54 Å². The second kappa shape index (κ2) is 9.94. The van der Waals surface area contributed by atoms with Crippen molar-refractivity contribution in [1.29, 1.82) is 0 Å². The van der Waals surface area contributed by atoms with Gasteiger partial charge in [-0.15, -0.1) is 9.50 Å². The molecule has 0 saturated carbocycles. The molecule has 4 N–H and O–H groups in total. The highest BCUT2D eigenvalue weighted by Crippen LogP contribution is 2.32. The smallest absolute Gasteiger partial charge is 0.307 e. The van der Waals surface area contributed by atoms with Gasteiger partial charge in [0.1, 0.15) is 5.69 Å². The summed E-state index contributed by atoms with van der Waals surface area (Å²) < 4.78 is 2.90. The van der Waals surface area contributed by atoms with Crippen molar-refractivity contribution in [3.63, 3.8) is 0 Å². The van der Waals surface area contributed by atoms with Gasteiger partial charge in [-0.2, -0.15) is 4.68 Å². The number of rotatable bonds is 7. The molecular formula is C28H31N8O+. The van der Waals surface area contributed by atoms with Crippen LogP contribution in [0.5, 0.6) is 0 Å². The molecule has 0 spiro atoms. The number of pyridine rings is 2. The predicted molar refractivity (Wildman–Crippen MR) is 144 cm³/mol. The number of hydrogen-bond acceptors (Lipinski definition) is 6. The molecule has 0 bridgehead atoms. The van der Waals surface area contributed by atoms with Crippen molar-refractivity contribution in [2.45, 2.75) is 40.3 Å². The topological polar surface area (TPSA) is 117 Å². The summed E-state index contributed by atoms with van der Waals surface area (Å²) in [7, 11) is 0. The number of fused-ring (bicyclic) bond motifs is 1. The summed E-state index contributed by atoms with van der Waals surface area (Å²) in [5.41, 5.74) is 13.8. The lowest BCUT2D eigenvalue weighted by Crippen LogP contribution is -2.31. The molecule has 9 heteroatoms. The first kappa shape index (κ1) is 24.3. The summed E-state index contributed by atoms with van der Waals surface area (Å²) in [5, 5.41) is 8.21. The number of nitrogens with two attached hydrogens (primary N) is 1. The van der Waals surface area contributed by atoms with Crippen molar-refractivity contribution in [3.8, 4) is 22.4 Å². The van der Waals surface area contributed by atoms with E-state index in [0.29, 0.717) is 18.7 Å². The maximum Gasteiger partial charge on any atom is 0.411 e. The van der Waals surface area contributed by atoms with E-state index in [4.69, 9.17) is 10.8 Å². The fourth-order valence-corrected chi connectivity index (χ4v) is 4.66. The van der Waals surface area contributed by atoms with E-state index in [1.807, 2.05) is 81.4 Å². The Bertz CT molecular complexity index is 1620. The average molecular weight is 496 g/mol. The lowest BCUT2D eigenvalue weighted by atomic mass is 9.99. The van der Waals surface area contributed by atoms with Crippen LogP contribution in [0, 0.1) is 20.8 Å². The predicted octanol–water partition coefficient (Wildman–Crippen LogP) is 3.29. The van der Waals surface area contributed by atoms with Gasteiger partial charge in [-0.1, -0.05) is 36.4 Å². The van der Waals surface area contributed by atoms with Gasteiger partial charge in [-0.3, -0.25) is 15.7 Å². The van der Waals surface area contributed by atoms with Crippen molar-refractivity contribution < 1.29 is 4.98 Å². The maximum absolute atomic E-state index is 13.4. The van der Waals surface area contributed by atoms with Gasteiger partial charge in [0, 0.05) is 35.2 Å². The fraction of sp³-hybridized carbons (Fsp3) is 0.250. The monoisotopic (exact) mass is 495 g/mol. The summed E-state index contributed by atoms with van der Waals surface area (Å²) in [6, 6.07) is 19.9. The summed E-state index contributed by atoms with van der Waals surface area (Å²) in [6.07, 6.45) is 0. The number of aryl methyl sites for hydroxylation is 3. The van der Waals surface area contributed by atoms with Gasteiger partial charge in [-0.25, -0.2) is 9.78 Å². The first-order valence-corrected chi connectivity index (χ1v) is 12.3. The third kappa shape index (κ3) is 4.85. The lowest BCUT2D eigenvalue weighted by molar-refractivity contribution is -0.351. The van der Waals surface area contributed by atoms with Crippen LogP contribution in [0.1, 0.15) is 35.7 Å². The van der Waals surface area contributed by atoms with E-state index in [9.17, 15) is 4.79 Å². The zero-order valence-corrected chi connectivity index (χ0v) is 21.5. The van der Waals surface area contributed by atoms with Crippen LogP contribution in [0.15, 0.2) is 65.5 Å². The zero-order valence-electron chi connectivity index (χ0n) is 21.5.